The smallest absolute Gasteiger partial charge is 0.333 e. The van der Waals surface area contributed by atoms with E-state index in [0.717, 1.165) is 12.8 Å². The lowest BCUT2D eigenvalue weighted by molar-refractivity contribution is -0.136. The Kier molecular flexibility index (Phi) is 12.7. The van der Waals surface area contributed by atoms with Gasteiger partial charge in [-0.25, -0.2) is 4.79 Å². The zero-order valence-electron chi connectivity index (χ0n) is 18.8. The van der Waals surface area contributed by atoms with Crippen LogP contribution in [-0.2, 0) is 9.53 Å². The Labute approximate surface area is 176 Å². The number of carbonyl (C=O) groups excluding carboxylic acids is 1. The predicted octanol–water partition coefficient (Wildman–Crippen LogP) is 6.19. The molecule has 0 unspecified atom stereocenters. The molecule has 0 N–H and O–H groups in total. The van der Waals surface area contributed by atoms with Crippen molar-refractivity contribution in [3.63, 3.8) is 0 Å². The molecule has 5 nitrogen and oxygen atoms in total. The van der Waals surface area contributed by atoms with Gasteiger partial charge in [-0.15, -0.1) is 0 Å². The van der Waals surface area contributed by atoms with Crippen LogP contribution >= 0.6 is 0 Å². The van der Waals surface area contributed by atoms with E-state index in [2.05, 4.69) is 6.92 Å². The standard InChI is InChI=1S/C24H38O5/c1-6-7-8-9-10-11-12-13-14-15-19(24(25)29-5)16-21-22(27-3)17-20(26-2)18-23(21)28-4/h16-18H,6-15H2,1-5H3/b19-16+. The molecule has 0 atom stereocenters. The highest BCUT2D eigenvalue weighted by Crippen LogP contribution is 2.36. The number of ether oxygens (including phenoxy) is 4. The van der Waals surface area contributed by atoms with Crippen molar-refractivity contribution < 1.29 is 23.7 Å². The molecule has 0 bridgehead atoms. The van der Waals surface area contributed by atoms with E-state index in [9.17, 15) is 4.79 Å². The molecule has 1 rings (SSSR count). The third-order valence-electron chi connectivity index (χ3n) is 5.07. The number of hydrogen-bond donors (Lipinski definition) is 0. The van der Waals surface area contributed by atoms with E-state index in [1.807, 2.05) is 6.08 Å². The Bertz CT molecular complexity index is 611. The SMILES string of the molecule is CCCCCCCCCCC/C(=C\c1c(OC)cc(OC)cc1OC)C(=O)OC. The maximum Gasteiger partial charge on any atom is 0.333 e. The summed E-state index contributed by atoms with van der Waals surface area (Å²) in [6.07, 6.45) is 13.6. The molecule has 0 amide bonds. The molecule has 164 valence electrons. The Morgan fingerprint density at radius 1 is 0.793 bits per heavy atom. The molecule has 5 heteroatoms. The van der Waals surface area contributed by atoms with Gasteiger partial charge in [-0.05, 0) is 18.9 Å². The molecule has 0 saturated carbocycles. The van der Waals surface area contributed by atoms with E-state index < -0.39 is 0 Å². The number of esters is 1. The molecule has 0 saturated heterocycles. The molecule has 0 aromatic heterocycles. The van der Waals surface area contributed by atoms with Crippen molar-refractivity contribution in [1.82, 2.24) is 0 Å². The number of benzene rings is 1. The first kappa shape index (κ1) is 24.9. The molecule has 0 heterocycles. The molecule has 0 spiro atoms. The van der Waals surface area contributed by atoms with Crippen LogP contribution in [0, 0.1) is 0 Å². The maximum absolute atomic E-state index is 12.3. The molecule has 29 heavy (non-hydrogen) atoms. The van der Waals surface area contributed by atoms with E-state index in [1.165, 1.54) is 52.1 Å². The Balaban J connectivity index is 2.76. The van der Waals surface area contributed by atoms with Crippen molar-refractivity contribution in [2.24, 2.45) is 0 Å². The van der Waals surface area contributed by atoms with Crippen molar-refractivity contribution in [2.45, 2.75) is 71.1 Å². The zero-order chi connectivity index (χ0) is 21.5. The Morgan fingerprint density at radius 3 is 1.76 bits per heavy atom. The number of carbonyl (C=O) groups is 1. The fourth-order valence-electron chi connectivity index (χ4n) is 3.34. The lowest BCUT2D eigenvalue weighted by Gasteiger charge is -2.14. The molecule has 0 aliphatic carbocycles. The van der Waals surface area contributed by atoms with E-state index in [4.69, 9.17) is 18.9 Å². The van der Waals surface area contributed by atoms with E-state index in [-0.39, 0.29) is 5.97 Å². The van der Waals surface area contributed by atoms with Crippen LogP contribution in [0.3, 0.4) is 0 Å². The zero-order valence-corrected chi connectivity index (χ0v) is 18.8. The van der Waals surface area contributed by atoms with Crippen LogP contribution in [0.25, 0.3) is 6.08 Å². The quantitative estimate of drug-likeness (QED) is 0.197. The minimum atomic E-state index is -0.315. The van der Waals surface area contributed by atoms with Crippen LogP contribution in [0.15, 0.2) is 17.7 Å². The first-order valence-electron chi connectivity index (χ1n) is 10.7. The summed E-state index contributed by atoms with van der Waals surface area (Å²) in [7, 11) is 6.18. The number of unbranched alkanes of at least 4 members (excludes halogenated alkanes) is 8. The largest absolute Gasteiger partial charge is 0.496 e. The minimum Gasteiger partial charge on any atom is -0.496 e. The highest BCUT2D eigenvalue weighted by Gasteiger charge is 2.16. The topological polar surface area (TPSA) is 54.0 Å². The van der Waals surface area contributed by atoms with Gasteiger partial charge in [0.25, 0.3) is 0 Å². The summed E-state index contributed by atoms with van der Waals surface area (Å²) in [5, 5.41) is 0. The summed E-state index contributed by atoms with van der Waals surface area (Å²) in [5.74, 6) is 1.50. The van der Waals surface area contributed by atoms with Crippen LogP contribution in [0.1, 0.15) is 76.7 Å². The fraction of sp³-hybridized carbons (Fsp3) is 0.625. The maximum atomic E-state index is 12.3. The molecule has 0 aliphatic rings. The number of hydrogen-bond acceptors (Lipinski definition) is 5. The summed E-state index contributed by atoms with van der Waals surface area (Å²) in [5.41, 5.74) is 1.34. The van der Waals surface area contributed by atoms with Gasteiger partial charge in [0.2, 0.25) is 0 Å². The van der Waals surface area contributed by atoms with Gasteiger partial charge in [0.15, 0.2) is 0 Å². The number of methoxy groups -OCH3 is 4. The Morgan fingerprint density at radius 2 is 1.31 bits per heavy atom. The van der Waals surface area contributed by atoms with E-state index in [0.29, 0.717) is 34.8 Å². The van der Waals surface area contributed by atoms with Gasteiger partial charge in [-0.2, -0.15) is 0 Å². The van der Waals surface area contributed by atoms with Gasteiger partial charge in [0.05, 0.1) is 34.0 Å². The third-order valence-corrected chi connectivity index (χ3v) is 5.07. The highest BCUT2D eigenvalue weighted by molar-refractivity contribution is 5.94. The molecule has 1 aromatic carbocycles. The molecule has 0 aliphatic heterocycles. The van der Waals surface area contributed by atoms with E-state index >= 15 is 0 Å². The average Bonchev–Trinajstić information content (AvgIpc) is 2.76. The summed E-state index contributed by atoms with van der Waals surface area (Å²) in [6, 6.07) is 3.56. The summed E-state index contributed by atoms with van der Waals surface area (Å²) >= 11 is 0. The molecule has 0 fully saturated rings. The molecule has 1 aromatic rings. The van der Waals surface area contributed by atoms with Gasteiger partial charge in [-0.3, -0.25) is 0 Å². The third kappa shape index (κ3) is 8.80. The molecular formula is C24H38O5. The second kappa shape index (κ2) is 14.8. The van der Waals surface area contributed by atoms with Crippen LogP contribution in [0.5, 0.6) is 17.2 Å². The first-order chi connectivity index (χ1) is 14.1. The monoisotopic (exact) mass is 406 g/mol. The van der Waals surface area contributed by atoms with Crippen LogP contribution < -0.4 is 14.2 Å². The van der Waals surface area contributed by atoms with Gasteiger partial charge < -0.3 is 18.9 Å². The highest BCUT2D eigenvalue weighted by atomic mass is 16.5. The van der Waals surface area contributed by atoms with Crippen LogP contribution in [0.2, 0.25) is 0 Å². The van der Waals surface area contributed by atoms with Crippen LogP contribution in [0.4, 0.5) is 0 Å². The number of rotatable bonds is 15. The second-order valence-corrected chi connectivity index (χ2v) is 7.19. The van der Waals surface area contributed by atoms with Gasteiger partial charge in [0, 0.05) is 17.7 Å². The van der Waals surface area contributed by atoms with Gasteiger partial charge in [-0.1, -0.05) is 58.3 Å². The normalized spacial score (nSPS) is 11.3. The molecular weight excluding hydrogens is 368 g/mol. The second-order valence-electron chi connectivity index (χ2n) is 7.19. The summed E-state index contributed by atoms with van der Waals surface area (Å²) in [4.78, 5) is 12.3. The summed E-state index contributed by atoms with van der Waals surface area (Å²) < 4.78 is 21.3. The fourth-order valence-corrected chi connectivity index (χ4v) is 3.34. The van der Waals surface area contributed by atoms with Crippen molar-refractivity contribution >= 4 is 12.0 Å². The lowest BCUT2D eigenvalue weighted by Crippen LogP contribution is -2.05. The predicted molar refractivity (Wildman–Crippen MR) is 118 cm³/mol. The van der Waals surface area contributed by atoms with Crippen molar-refractivity contribution in [1.29, 1.82) is 0 Å². The first-order valence-corrected chi connectivity index (χ1v) is 10.7. The van der Waals surface area contributed by atoms with Gasteiger partial charge >= 0.3 is 5.97 Å². The van der Waals surface area contributed by atoms with Gasteiger partial charge in [0.1, 0.15) is 17.2 Å². The average molecular weight is 407 g/mol. The Hall–Kier alpha value is -2.17. The van der Waals surface area contributed by atoms with E-state index in [1.54, 1.807) is 33.5 Å². The lowest BCUT2D eigenvalue weighted by atomic mass is 10.0. The van der Waals surface area contributed by atoms with Crippen molar-refractivity contribution in [2.75, 3.05) is 28.4 Å². The molecule has 0 radical (unpaired) electrons. The minimum absolute atomic E-state index is 0.315. The van der Waals surface area contributed by atoms with Crippen molar-refractivity contribution in [3.8, 4) is 17.2 Å². The summed E-state index contributed by atoms with van der Waals surface area (Å²) in [6.45, 7) is 2.24. The van der Waals surface area contributed by atoms with Crippen LogP contribution in [-0.4, -0.2) is 34.4 Å². The van der Waals surface area contributed by atoms with Crippen molar-refractivity contribution in [3.05, 3.63) is 23.3 Å².